The molecule has 0 radical (unpaired) electrons. The third kappa shape index (κ3) is 3.86. The summed E-state index contributed by atoms with van der Waals surface area (Å²) in [6, 6.07) is 13.2. The third-order valence-electron chi connectivity index (χ3n) is 5.53. The molecule has 0 spiro atoms. The molecule has 0 saturated carbocycles. The molecular weight excluding hydrogens is 414 g/mol. The van der Waals surface area contributed by atoms with E-state index in [9.17, 15) is 4.79 Å². The Morgan fingerprint density at radius 1 is 1.06 bits per heavy atom. The zero-order valence-electron chi connectivity index (χ0n) is 17.1. The number of fused-ring (bicyclic) bond motifs is 1. The molecule has 31 heavy (non-hydrogen) atoms. The molecule has 1 aromatic carbocycles. The van der Waals surface area contributed by atoms with Crippen molar-refractivity contribution in [3.63, 3.8) is 0 Å². The number of hydrogen-bond donors (Lipinski definition) is 1. The van der Waals surface area contributed by atoms with Crippen molar-refractivity contribution in [2.24, 2.45) is 4.99 Å². The summed E-state index contributed by atoms with van der Waals surface area (Å²) < 4.78 is 1.58. The maximum Gasteiger partial charge on any atom is 0.257 e. The highest BCUT2D eigenvalue weighted by Crippen LogP contribution is 2.26. The van der Waals surface area contributed by atoms with Gasteiger partial charge in [0.05, 0.1) is 0 Å². The van der Waals surface area contributed by atoms with E-state index in [2.05, 4.69) is 31.2 Å². The quantitative estimate of drug-likeness (QED) is 0.666. The summed E-state index contributed by atoms with van der Waals surface area (Å²) in [5.74, 6) is 1.22. The summed E-state index contributed by atoms with van der Waals surface area (Å²) in [5, 5.41) is 4.02. The summed E-state index contributed by atoms with van der Waals surface area (Å²) in [7, 11) is 0. The van der Waals surface area contributed by atoms with Crippen molar-refractivity contribution in [3.8, 4) is 0 Å². The average Bonchev–Trinajstić information content (AvgIpc) is 2.79. The van der Waals surface area contributed by atoms with E-state index in [1.54, 1.807) is 17.0 Å². The fourth-order valence-corrected chi connectivity index (χ4v) is 4.18. The Bertz CT molecular complexity index is 1190. The molecule has 3 aromatic rings. The van der Waals surface area contributed by atoms with Gasteiger partial charge in [0, 0.05) is 66.6 Å². The fraction of sp³-hybridized carbons (Fsp3) is 0.273. The second kappa shape index (κ2) is 8.03. The lowest BCUT2D eigenvalue weighted by Gasteiger charge is -2.39. The first-order chi connectivity index (χ1) is 15.1. The number of nitrogens with zero attached hydrogens (tertiary/aromatic N) is 6. The largest absolute Gasteiger partial charge is 0.368 e. The van der Waals surface area contributed by atoms with Gasteiger partial charge in [-0.25, -0.2) is 9.98 Å². The van der Waals surface area contributed by atoms with Gasteiger partial charge < -0.3 is 9.80 Å². The molecule has 0 aliphatic carbocycles. The molecule has 2 aromatic heterocycles. The number of piperazine rings is 1. The van der Waals surface area contributed by atoms with Gasteiger partial charge in [-0.15, -0.1) is 0 Å². The molecule has 1 fully saturated rings. The minimum absolute atomic E-state index is 0.141. The van der Waals surface area contributed by atoms with Crippen LogP contribution in [0.25, 0.3) is 0 Å². The molecule has 0 bridgehead atoms. The second-order valence-electron chi connectivity index (χ2n) is 7.62. The summed E-state index contributed by atoms with van der Waals surface area (Å²) in [5.41, 5.74) is 2.49. The third-order valence-corrected chi connectivity index (χ3v) is 5.76. The van der Waals surface area contributed by atoms with E-state index in [1.165, 1.54) is 6.07 Å². The smallest absolute Gasteiger partial charge is 0.257 e. The maximum absolute atomic E-state index is 12.7. The van der Waals surface area contributed by atoms with Gasteiger partial charge in [-0.05, 0) is 31.2 Å². The number of guanidine groups is 1. The first-order valence-corrected chi connectivity index (χ1v) is 10.6. The van der Waals surface area contributed by atoms with E-state index in [0.29, 0.717) is 11.6 Å². The second-order valence-corrected chi connectivity index (χ2v) is 8.06. The van der Waals surface area contributed by atoms with E-state index in [-0.39, 0.29) is 5.56 Å². The predicted octanol–water partition coefficient (Wildman–Crippen LogP) is 2.75. The van der Waals surface area contributed by atoms with Gasteiger partial charge in [-0.1, -0.05) is 23.7 Å². The van der Waals surface area contributed by atoms with Crippen molar-refractivity contribution in [3.05, 3.63) is 81.5 Å². The number of nitrogens with one attached hydrogen (secondary N) is 1. The summed E-state index contributed by atoms with van der Waals surface area (Å²) in [6.07, 6.45) is 2.94. The Morgan fingerprint density at radius 2 is 1.87 bits per heavy atom. The molecule has 1 atom stereocenters. The van der Waals surface area contributed by atoms with Crippen molar-refractivity contribution in [2.45, 2.75) is 13.1 Å². The van der Waals surface area contributed by atoms with Crippen LogP contribution in [0.4, 0.5) is 11.6 Å². The zero-order chi connectivity index (χ0) is 21.4. The summed E-state index contributed by atoms with van der Waals surface area (Å²) in [6.45, 7) is 5.07. The van der Waals surface area contributed by atoms with Gasteiger partial charge in [-0.2, -0.15) is 0 Å². The lowest BCUT2D eigenvalue weighted by atomic mass is 10.2. The molecular formula is C22H22ClN7O. The van der Waals surface area contributed by atoms with Crippen LogP contribution >= 0.6 is 11.6 Å². The number of anilines is 2. The number of aryl methyl sites for hydroxylation is 1. The zero-order valence-corrected chi connectivity index (χ0v) is 17.8. The van der Waals surface area contributed by atoms with Crippen molar-refractivity contribution in [2.75, 3.05) is 36.4 Å². The van der Waals surface area contributed by atoms with Crippen LogP contribution in [0.5, 0.6) is 0 Å². The average molecular weight is 436 g/mol. The Labute approximate surface area is 184 Å². The first-order valence-electron chi connectivity index (χ1n) is 10.2. The topological polar surface area (TPSA) is 78.7 Å². The standard InChI is InChI=1S/C22H22ClN7O/c1-15-12-19(31)30-20(16-4-3-7-24-14-16)26-21(27-22(30)25-15)29-10-8-28(9-11-29)18-6-2-5-17(23)13-18/h2-7,12-14,20H,8-11H2,1H3,(H,25,26,27)/t20-/m0/s1. The van der Waals surface area contributed by atoms with Crippen LogP contribution in [0.3, 0.4) is 0 Å². The molecule has 8 nitrogen and oxygen atoms in total. The molecule has 4 heterocycles. The minimum atomic E-state index is -0.508. The first kappa shape index (κ1) is 19.6. The van der Waals surface area contributed by atoms with Crippen LogP contribution < -0.4 is 15.8 Å². The van der Waals surface area contributed by atoms with Crippen molar-refractivity contribution < 1.29 is 0 Å². The highest BCUT2D eigenvalue weighted by molar-refractivity contribution is 6.30. The van der Waals surface area contributed by atoms with Crippen LogP contribution in [-0.4, -0.2) is 51.6 Å². The number of pyridine rings is 1. The Balaban J connectivity index is 1.43. The Hall–Kier alpha value is -3.39. The minimum Gasteiger partial charge on any atom is -0.368 e. The number of benzene rings is 1. The molecule has 0 amide bonds. The number of halogens is 1. The number of hydrogen-bond acceptors (Lipinski definition) is 7. The van der Waals surface area contributed by atoms with Crippen LogP contribution in [0, 0.1) is 6.92 Å². The van der Waals surface area contributed by atoms with E-state index >= 15 is 0 Å². The molecule has 2 aliphatic rings. The van der Waals surface area contributed by atoms with Gasteiger partial charge in [-0.3, -0.25) is 19.7 Å². The number of rotatable bonds is 2. The van der Waals surface area contributed by atoms with Crippen LogP contribution in [0.2, 0.25) is 5.02 Å². The van der Waals surface area contributed by atoms with Gasteiger partial charge in [0.25, 0.3) is 5.56 Å². The number of aliphatic imine (C=N–C) groups is 1. The predicted molar refractivity (Wildman–Crippen MR) is 122 cm³/mol. The maximum atomic E-state index is 12.7. The van der Waals surface area contributed by atoms with Crippen molar-refractivity contribution in [1.82, 2.24) is 19.4 Å². The SMILES string of the molecule is Cc1cc(=O)n2c(n1)NC(N1CCN(c3cccc(Cl)c3)CC1)=N[C@@H]2c1cccnc1. The number of aromatic nitrogens is 3. The van der Waals surface area contributed by atoms with E-state index in [0.717, 1.165) is 48.4 Å². The molecule has 5 rings (SSSR count). The lowest BCUT2D eigenvalue weighted by Crippen LogP contribution is -2.52. The highest BCUT2D eigenvalue weighted by Gasteiger charge is 2.29. The van der Waals surface area contributed by atoms with E-state index < -0.39 is 6.17 Å². The van der Waals surface area contributed by atoms with Gasteiger partial charge in [0.2, 0.25) is 11.9 Å². The summed E-state index contributed by atoms with van der Waals surface area (Å²) >= 11 is 6.16. The summed E-state index contributed by atoms with van der Waals surface area (Å²) in [4.78, 5) is 30.9. The monoisotopic (exact) mass is 435 g/mol. The lowest BCUT2D eigenvalue weighted by molar-refractivity contribution is 0.376. The van der Waals surface area contributed by atoms with E-state index in [4.69, 9.17) is 16.6 Å². The van der Waals surface area contributed by atoms with Crippen LogP contribution in [0.15, 0.2) is 64.6 Å². The molecule has 9 heteroatoms. The van der Waals surface area contributed by atoms with E-state index in [1.807, 2.05) is 37.3 Å². The van der Waals surface area contributed by atoms with Gasteiger partial charge >= 0.3 is 0 Å². The molecule has 0 unspecified atom stereocenters. The molecule has 1 saturated heterocycles. The van der Waals surface area contributed by atoms with Crippen molar-refractivity contribution in [1.29, 1.82) is 0 Å². The highest BCUT2D eigenvalue weighted by atomic mass is 35.5. The van der Waals surface area contributed by atoms with Crippen LogP contribution in [-0.2, 0) is 0 Å². The van der Waals surface area contributed by atoms with Gasteiger partial charge in [0.1, 0.15) is 0 Å². The van der Waals surface area contributed by atoms with Gasteiger partial charge in [0.15, 0.2) is 6.17 Å². The molecule has 1 N–H and O–H groups in total. The normalized spacial score (nSPS) is 18.3. The molecule has 2 aliphatic heterocycles. The van der Waals surface area contributed by atoms with Crippen molar-refractivity contribution >= 4 is 29.2 Å². The Morgan fingerprint density at radius 3 is 2.61 bits per heavy atom. The fourth-order valence-electron chi connectivity index (χ4n) is 4.00. The van der Waals surface area contributed by atoms with Crippen LogP contribution in [0.1, 0.15) is 17.4 Å². The Kier molecular flexibility index (Phi) is 5.07. The molecule has 158 valence electrons.